The van der Waals surface area contributed by atoms with Gasteiger partial charge in [-0.25, -0.2) is 0 Å². The predicted octanol–water partition coefficient (Wildman–Crippen LogP) is 2.98. The van der Waals surface area contributed by atoms with E-state index in [9.17, 15) is 0 Å². The van der Waals surface area contributed by atoms with Crippen molar-refractivity contribution in [1.29, 1.82) is 0 Å². The molecule has 2 fully saturated rings. The molecular formula is C24H43IN6. The van der Waals surface area contributed by atoms with Crippen molar-refractivity contribution >= 4 is 29.9 Å². The zero-order chi connectivity index (χ0) is 21.0. The summed E-state index contributed by atoms with van der Waals surface area (Å²) in [5.74, 6) is 0.896. The number of likely N-dealkylation sites (N-methyl/N-ethyl adjacent to an activating group) is 1. The summed E-state index contributed by atoms with van der Waals surface area (Å²) in [7, 11) is 1.85. The molecule has 0 aliphatic carbocycles. The lowest BCUT2D eigenvalue weighted by molar-refractivity contribution is 0.136. The number of halogens is 1. The summed E-state index contributed by atoms with van der Waals surface area (Å²) in [6, 6.07) is 9.02. The van der Waals surface area contributed by atoms with Crippen molar-refractivity contribution in [3.8, 4) is 0 Å². The number of benzene rings is 1. The van der Waals surface area contributed by atoms with E-state index >= 15 is 0 Å². The van der Waals surface area contributed by atoms with E-state index in [2.05, 4.69) is 61.5 Å². The molecule has 7 heteroatoms. The van der Waals surface area contributed by atoms with Crippen LogP contribution in [0, 0.1) is 0 Å². The maximum atomic E-state index is 4.37. The molecule has 2 aliphatic heterocycles. The number of hydrogen-bond donors (Lipinski definition) is 2. The fraction of sp³-hybridized carbons (Fsp3) is 0.708. The third-order valence-corrected chi connectivity index (χ3v) is 6.42. The first-order valence-electron chi connectivity index (χ1n) is 12.0. The maximum Gasteiger partial charge on any atom is 0.191 e. The van der Waals surface area contributed by atoms with Crippen molar-refractivity contribution in [3.63, 3.8) is 0 Å². The van der Waals surface area contributed by atoms with Crippen LogP contribution in [0.2, 0.25) is 0 Å². The lowest BCUT2D eigenvalue weighted by atomic mass is 10.1. The summed E-state index contributed by atoms with van der Waals surface area (Å²) < 4.78 is 0. The van der Waals surface area contributed by atoms with Crippen molar-refractivity contribution in [3.05, 3.63) is 35.4 Å². The zero-order valence-electron chi connectivity index (χ0n) is 19.6. The van der Waals surface area contributed by atoms with Crippen molar-refractivity contribution < 1.29 is 0 Å². The summed E-state index contributed by atoms with van der Waals surface area (Å²) in [5.41, 5.74) is 2.72. The van der Waals surface area contributed by atoms with E-state index in [0.717, 1.165) is 25.6 Å². The van der Waals surface area contributed by atoms with Crippen LogP contribution in [0.1, 0.15) is 43.7 Å². The molecule has 0 spiro atoms. The van der Waals surface area contributed by atoms with E-state index in [1.165, 1.54) is 89.2 Å². The minimum Gasteiger partial charge on any atom is -0.356 e. The van der Waals surface area contributed by atoms with Crippen LogP contribution in [0.15, 0.2) is 29.3 Å². The lowest BCUT2D eigenvalue weighted by Crippen LogP contribution is -2.46. The first-order valence-corrected chi connectivity index (χ1v) is 12.0. The Morgan fingerprint density at radius 2 is 1.48 bits per heavy atom. The van der Waals surface area contributed by atoms with Crippen LogP contribution in [0.4, 0.5) is 0 Å². The molecule has 0 saturated carbocycles. The minimum atomic E-state index is 0. The topological polar surface area (TPSA) is 46.1 Å². The molecule has 0 bridgehead atoms. The molecule has 2 aliphatic rings. The Labute approximate surface area is 206 Å². The van der Waals surface area contributed by atoms with Crippen molar-refractivity contribution in [2.75, 3.05) is 66.0 Å². The molecule has 176 valence electrons. The Morgan fingerprint density at radius 3 is 2.13 bits per heavy atom. The molecule has 2 heterocycles. The van der Waals surface area contributed by atoms with Crippen molar-refractivity contribution in [1.82, 2.24) is 25.3 Å². The number of hydrogen-bond acceptors (Lipinski definition) is 4. The predicted molar refractivity (Wildman–Crippen MR) is 142 cm³/mol. The molecule has 1 aromatic rings. The highest BCUT2D eigenvalue weighted by Crippen LogP contribution is 2.13. The molecule has 1 aromatic carbocycles. The van der Waals surface area contributed by atoms with Crippen LogP contribution in [0.3, 0.4) is 0 Å². The number of piperazine rings is 1. The van der Waals surface area contributed by atoms with Crippen LogP contribution in [-0.2, 0) is 13.1 Å². The number of rotatable bonds is 10. The molecule has 0 atom stereocenters. The molecule has 0 radical (unpaired) electrons. The first kappa shape index (κ1) is 26.4. The fourth-order valence-electron chi connectivity index (χ4n) is 4.36. The average Bonchev–Trinajstić information content (AvgIpc) is 3.30. The van der Waals surface area contributed by atoms with Gasteiger partial charge in [-0.1, -0.05) is 31.2 Å². The van der Waals surface area contributed by atoms with Gasteiger partial charge < -0.3 is 20.4 Å². The largest absolute Gasteiger partial charge is 0.356 e. The second kappa shape index (κ2) is 15.0. The molecule has 31 heavy (non-hydrogen) atoms. The highest BCUT2D eigenvalue weighted by Gasteiger charge is 2.14. The Morgan fingerprint density at radius 1 is 0.839 bits per heavy atom. The van der Waals surface area contributed by atoms with Gasteiger partial charge in [0.1, 0.15) is 0 Å². The maximum absolute atomic E-state index is 4.37. The Balaban J connectivity index is 0.00000341. The molecule has 0 amide bonds. The summed E-state index contributed by atoms with van der Waals surface area (Å²) in [6.45, 7) is 14.9. The second-order valence-electron chi connectivity index (χ2n) is 8.64. The van der Waals surface area contributed by atoms with Gasteiger partial charge in [0.25, 0.3) is 0 Å². The standard InChI is InChI=1S/C24H42N6.HI/c1-3-28-16-18-29(19-17-28)13-5-4-12-26-24(25-2)27-20-22-8-10-23(11-9-22)21-30-14-6-7-15-30;/h8-11H,3-7,12-21H2,1-2H3,(H2,25,26,27);1H. The van der Waals surface area contributed by atoms with Gasteiger partial charge >= 0.3 is 0 Å². The Hall–Kier alpha value is -0.900. The van der Waals surface area contributed by atoms with Crippen LogP contribution < -0.4 is 10.6 Å². The third kappa shape index (κ3) is 9.63. The van der Waals surface area contributed by atoms with E-state index in [0.29, 0.717) is 0 Å². The highest BCUT2D eigenvalue weighted by atomic mass is 127. The van der Waals surface area contributed by atoms with Crippen molar-refractivity contribution in [2.24, 2.45) is 4.99 Å². The van der Waals surface area contributed by atoms with E-state index in [1.54, 1.807) is 0 Å². The number of unbranched alkanes of at least 4 members (excludes halogenated alkanes) is 1. The van der Waals surface area contributed by atoms with Gasteiger partial charge in [0.05, 0.1) is 0 Å². The molecule has 2 N–H and O–H groups in total. The average molecular weight is 543 g/mol. The smallest absolute Gasteiger partial charge is 0.191 e. The summed E-state index contributed by atoms with van der Waals surface area (Å²) in [6.07, 6.45) is 5.13. The fourth-order valence-corrected chi connectivity index (χ4v) is 4.36. The summed E-state index contributed by atoms with van der Waals surface area (Å²) >= 11 is 0. The number of guanidine groups is 1. The molecule has 6 nitrogen and oxygen atoms in total. The van der Waals surface area contributed by atoms with Gasteiger partial charge in [0.15, 0.2) is 5.96 Å². The molecule has 2 saturated heterocycles. The molecular weight excluding hydrogens is 499 g/mol. The van der Waals surface area contributed by atoms with Crippen LogP contribution >= 0.6 is 24.0 Å². The number of nitrogens with zero attached hydrogens (tertiary/aromatic N) is 4. The Kier molecular flexibility index (Phi) is 12.8. The van der Waals surface area contributed by atoms with E-state index in [-0.39, 0.29) is 24.0 Å². The highest BCUT2D eigenvalue weighted by molar-refractivity contribution is 14.0. The second-order valence-corrected chi connectivity index (χ2v) is 8.64. The van der Waals surface area contributed by atoms with Gasteiger partial charge in [-0.05, 0) is 63.0 Å². The van der Waals surface area contributed by atoms with Gasteiger partial charge in [-0.2, -0.15) is 0 Å². The summed E-state index contributed by atoms with van der Waals surface area (Å²) in [5, 5.41) is 6.90. The van der Waals surface area contributed by atoms with Gasteiger partial charge in [0, 0.05) is 52.9 Å². The lowest BCUT2D eigenvalue weighted by Gasteiger charge is -2.34. The first-order chi connectivity index (χ1) is 14.8. The van der Waals surface area contributed by atoms with E-state index < -0.39 is 0 Å². The summed E-state index contributed by atoms with van der Waals surface area (Å²) in [4.78, 5) is 12.1. The number of aliphatic imine (C=N–C) groups is 1. The Bertz CT molecular complexity index is 621. The SMILES string of the molecule is CCN1CCN(CCCCNC(=NC)NCc2ccc(CN3CCCC3)cc2)CC1.I. The quantitative estimate of drug-likeness (QED) is 0.206. The minimum absolute atomic E-state index is 0. The number of nitrogens with one attached hydrogen (secondary N) is 2. The van der Waals surface area contributed by atoms with Crippen LogP contribution in [-0.4, -0.2) is 86.6 Å². The monoisotopic (exact) mass is 542 g/mol. The van der Waals surface area contributed by atoms with E-state index in [1.807, 2.05) is 7.05 Å². The molecule has 0 unspecified atom stereocenters. The van der Waals surface area contributed by atoms with Crippen molar-refractivity contribution in [2.45, 2.75) is 45.7 Å². The zero-order valence-corrected chi connectivity index (χ0v) is 21.9. The molecule has 0 aromatic heterocycles. The van der Waals surface area contributed by atoms with Gasteiger partial charge in [-0.3, -0.25) is 9.89 Å². The molecule has 3 rings (SSSR count). The third-order valence-electron chi connectivity index (χ3n) is 6.42. The van der Waals surface area contributed by atoms with Crippen LogP contribution in [0.25, 0.3) is 0 Å². The van der Waals surface area contributed by atoms with E-state index in [4.69, 9.17) is 0 Å². The van der Waals surface area contributed by atoms with Crippen LogP contribution in [0.5, 0.6) is 0 Å². The van der Waals surface area contributed by atoms with Gasteiger partial charge in [0.2, 0.25) is 0 Å². The van der Waals surface area contributed by atoms with Gasteiger partial charge in [-0.15, -0.1) is 24.0 Å². The number of likely N-dealkylation sites (tertiary alicyclic amines) is 1. The normalized spacial score (nSPS) is 18.7.